The van der Waals surface area contributed by atoms with Crippen LogP contribution in [0.25, 0.3) is 16.9 Å². The van der Waals surface area contributed by atoms with E-state index >= 15 is 0 Å². The smallest absolute Gasteiger partial charge is 0.117 e. The molecular weight excluding hydrogens is 224 g/mol. The van der Waals surface area contributed by atoms with Crippen LogP contribution >= 0.6 is 0 Å². The number of aromatic nitrogens is 2. The second kappa shape index (κ2) is 4.37. The number of hydrogen-bond donors (Lipinski definition) is 1. The third-order valence-corrected chi connectivity index (χ3v) is 2.75. The van der Waals surface area contributed by atoms with E-state index in [0.717, 1.165) is 16.9 Å². The summed E-state index contributed by atoms with van der Waals surface area (Å²) in [5.74, 6) is 0.240. The first-order valence-electron chi connectivity index (χ1n) is 5.73. The van der Waals surface area contributed by atoms with Crippen LogP contribution < -0.4 is 0 Å². The summed E-state index contributed by atoms with van der Waals surface area (Å²) < 4.78 is 1.75. The lowest BCUT2D eigenvalue weighted by atomic mass is 10.2. The maximum atomic E-state index is 9.46. The lowest BCUT2D eigenvalue weighted by Crippen LogP contribution is -1.94. The lowest BCUT2D eigenvalue weighted by molar-refractivity contribution is 0.475. The van der Waals surface area contributed by atoms with Crippen molar-refractivity contribution >= 4 is 0 Å². The number of aromatic hydroxyl groups is 1. The molecule has 1 N–H and O–H groups in total. The van der Waals surface area contributed by atoms with Crippen molar-refractivity contribution in [1.82, 2.24) is 9.78 Å². The van der Waals surface area contributed by atoms with E-state index in [9.17, 15) is 5.11 Å². The monoisotopic (exact) mass is 236 g/mol. The van der Waals surface area contributed by atoms with Crippen LogP contribution in [0.15, 0.2) is 66.9 Å². The van der Waals surface area contributed by atoms with Gasteiger partial charge in [-0.15, -0.1) is 0 Å². The molecule has 1 heterocycles. The Balaban J connectivity index is 2.00. The van der Waals surface area contributed by atoms with Gasteiger partial charge in [-0.3, -0.25) is 0 Å². The van der Waals surface area contributed by atoms with Gasteiger partial charge in [0, 0.05) is 17.8 Å². The van der Waals surface area contributed by atoms with Gasteiger partial charge in [0.25, 0.3) is 0 Å². The minimum Gasteiger partial charge on any atom is -0.508 e. The summed E-state index contributed by atoms with van der Waals surface area (Å²) in [4.78, 5) is 0. The fourth-order valence-electron chi connectivity index (χ4n) is 1.87. The predicted molar refractivity (Wildman–Crippen MR) is 70.7 cm³/mol. The Labute approximate surface area is 105 Å². The first kappa shape index (κ1) is 10.6. The highest BCUT2D eigenvalue weighted by molar-refractivity contribution is 5.58. The molecule has 0 aliphatic rings. The zero-order valence-corrected chi connectivity index (χ0v) is 9.69. The first-order chi connectivity index (χ1) is 8.83. The van der Waals surface area contributed by atoms with Gasteiger partial charge >= 0.3 is 0 Å². The van der Waals surface area contributed by atoms with Crippen LogP contribution in [0.1, 0.15) is 0 Å². The van der Waals surface area contributed by atoms with E-state index in [0.29, 0.717) is 0 Å². The summed E-state index contributed by atoms with van der Waals surface area (Å²) in [6.07, 6.45) is 1.89. The molecule has 18 heavy (non-hydrogen) atoms. The van der Waals surface area contributed by atoms with Gasteiger partial charge in [0.1, 0.15) is 5.75 Å². The second-order valence-electron chi connectivity index (χ2n) is 4.03. The van der Waals surface area contributed by atoms with Crippen molar-refractivity contribution in [3.63, 3.8) is 0 Å². The molecule has 0 unspecified atom stereocenters. The van der Waals surface area contributed by atoms with Crippen LogP contribution in [0.3, 0.4) is 0 Å². The van der Waals surface area contributed by atoms with Crippen molar-refractivity contribution in [3.05, 3.63) is 66.9 Å². The molecular formula is C15H12N2O. The Kier molecular flexibility index (Phi) is 2.57. The molecule has 0 radical (unpaired) electrons. The number of rotatable bonds is 2. The Hall–Kier alpha value is -2.55. The molecule has 3 heteroatoms. The maximum absolute atomic E-state index is 9.46. The second-order valence-corrected chi connectivity index (χ2v) is 4.03. The molecule has 1 aromatic heterocycles. The highest BCUT2D eigenvalue weighted by Gasteiger charge is 2.03. The molecule has 0 amide bonds. The normalized spacial score (nSPS) is 10.4. The summed E-state index contributed by atoms with van der Waals surface area (Å²) in [5.41, 5.74) is 2.84. The highest BCUT2D eigenvalue weighted by Crippen LogP contribution is 2.19. The van der Waals surface area contributed by atoms with Crippen molar-refractivity contribution in [3.8, 4) is 22.7 Å². The average Bonchev–Trinajstić information content (AvgIpc) is 2.89. The van der Waals surface area contributed by atoms with Crippen molar-refractivity contribution < 1.29 is 5.11 Å². The van der Waals surface area contributed by atoms with Gasteiger partial charge in [0.15, 0.2) is 0 Å². The number of benzene rings is 2. The summed E-state index contributed by atoms with van der Waals surface area (Å²) in [5, 5.41) is 14.0. The van der Waals surface area contributed by atoms with Gasteiger partial charge in [-0.2, -0.15) is 5.10 Å². The number of hydrogen-bond acceptors (Lipinski definition) is 2. The highest BCUT2D eigenvalue weighted by atomic mass is 16.3. The summed E-state index contributed by atoms with van der Waals surface area (Å²) in [6.45, 7) is 0. The number of phenols is 1. The molecule has 0 atom stereocenters. The first-order valence-corrected chi connectivity index (χ1v) is 5.73. The van der Waals surface area contributed by atoms with Gasteiger partial charge in [0.2, 0.25) is 0 Å². The quantitative estimate of drug-likeness (QED) is 0.741. The Morgan fingerprint density at radius 2 is 1.72 bits per heavy atom. The zero-order valence-electron chi connectivity index (χ0n) is 9.69. The Morgan fingerprint density at radius 3 is 2.50 bits per heavy atom. The molecule has 0 saturated heterocycles. The standard InChI is InChI=1S/C15H12N2O/c18-14-8-4-7-13(11-14)17-10-9-15(16-17)12-5-2-1-3-6-12/h1-11,18H. The number of phenolic OH excluding ortho intramolecular Hbond substituents is 1. The van der Waals surface area contributed by atoms with Gasteiger partial charge in [-0.05, 0) is 18.2 Å². The third-order valence-electron chi connectivity index (χ3n) is 2.75. The van der Waals surface area contributed by atoms with Gasteiger partial charge in [-0.25, -0.2) is 4.68 Å². The predicted octanol–water partition coefficient (Wildman–Crippen LogP) is 3.24. The van der Waals surface area contributed by atoms with Crippen molar-refractivity contribution in [2.75, 3.05) is 0 Å². The van der Waals surface area contributed by atoms with E-state index in [2.05, 4.69) is 5.10 Å². The van der Waals surface area contributed by atoms with E-state index in [4.69, 9.17) is 0 Å². The molecule has 3 aromatic rings. The van der Waals surface area contributed by atoms with E-state index in [1.165, 1.54) is 0 Å². The molecule has 88 valence electrons. The molecule has 0 aliphatic carbocycles. The summed E-state index contributed by atoms with van der Waals surface area (Å²) >= 11 is 0. The molecule has 0 bridgehead atoms. The van der Waals surface area contributed by atoms with Crippen LogP contribution in [0, 0.1) is 0 Å². The summed E-state index contributed by atoms with van der Waals surface area (Å²) in [7, 11) is 0. The van der Waals surface area contributed by atoms with Crippen molar-refractivity contribution in [1.29, 1.82) is 0 Å². The van der Waals surface area contributed by atoms with Crippen molar-refractivity contribution in [2.24, 2.45) is 0 Å². The molecule has 3 nitrogen and oxygen atoms in total. The Bertz CT molecular complexity index is 659. The zero-order chi connectivity index (χ0) is 12.4. The molecule has 2 aromatic carbocycles. The average molecular weight is 236 g/mol. The molecule has 0 saturated carbocycles. The van der Waals surface area contributed by atoms with Crippen molar-refractivity contribution in [2.45, 2.75) is 0 Å². The van der Waals surface area contributed by atoms with Gasteiger partial charge in [0.05, 0.1) is 11.4 Å². The molecule has 3 rings (SSSR count). The van der Waals surface area contributed by atoms with Crippen LogP contribution in [0.2, 0.25) is 0 Å². The van der Waals surface area contributed by atoms with E-state index in [1.54, 1.807) is 22.9 Å². The maximum Gasteiger partial charge on any atom is 0.117 e. The summed E-state index contributed by atoms with van der Waals surface area (Å²) in [6, 6.07) is 19.0. The van der Waals surface area contributed by atoms with Gasteiger partial charge in [-0.1, -0.05) is 36.4 Å². The van der Waals surface area contributed by atoms with E-state index in [1.807, 2.05) is 48.7 Å². The molecule has 0 spiro atoms. The largest absolute Gasteiger partial charge is 0.508 e. The van der Waals surface area contributed by atoms with Crippen LogP contribution in [0.5, 0.6) is 5.75 Å². The van der Waals surface area contributed by atoms with E-state index < -0.39 is 0 Å². The van der Waals surface area contributed by atoms with Crippen LogP contribution in [-0.2, 0) is 0 Å². The van der Waals surface area contributed by atoms with Crippen LogP contribution in [-0.4, -0.2) is 14.9 Å². The topological polar surface area (TPSA) is 38.0 Å². The molecule has 0 fully saturated rings. The third kappa shape index (κ3) is 1.98. The molecule has 0 aliphatic heterocycles. The SMILES string of the molecule is Oc1cccc(-n2ccc(-c3ccccc3)n2)c1. The minimum atomic E-state index is 0.240. The Morgan fingerprint density at radius 1 is 0.889 bits per heavy atom. The minimum absolute atomic E-state index is 0.240. The lowest BCUT2D eigenvalue weighted by Gasteiger charge is -2.01. The number of nitrogens with zero attached hydrogens (tertiary/aromatic N) is 2. The fourth-order valence-corrected chi connectivity index (χ4v) is 1.87. The van der Waals surface area contributed by atoms with Crippen LogP contribution in [0.4, 0.5) is 0 Å². The van der Waals surface area contributed by atoms with E-state index in [-0.39, 0.29) is 5.75 Å². The fraction of sp³-hybridized carbons (Fsp3) is 0. The van der Waals surface area contributed by atoms with Gasteiger partial charge < -0.3 is 5.11 Å².